The van der Waals surface area contributed by atoms with Gasteiger partial charge >= 0.3 is 0 Å². The fraction of sp³-hybridized carbons (Fsp3) is 0.500. The first-order chi connectivity index (χ1) is 9.75. The predicted molar refractivity (Wildman–Crippen MR) is 77.5 cm³/mol. The fourth-order valence-corrected chi connectivity index (χ4v) is 4.00. The minimum atomic E-state index is 0.161. The van der Waals surface area contributed by atoms with E-state index in [0.717, 1.165) is 19.4 Å². The maximum Gasteiger partial charge on any atom is 0.233 e. The van der Waals surface area contributed by atoms with Crippen LogP contribution in [0.3, 0.4) is 0 Å². The molecule has 106 valence electrons. The molecule has 1 fully saturated rings. The second kappa shape index (κ2) is 5.92. The highest BCUT2D eigenvalue weighted by Crippen LogP contribution is 2.34. The lowest BCUT2D eigenvalue weighted by molar-refractivity contribution is -0.129. The fourth-order valence-electron chi connectivity index (χ4n) is 2.39. The number of thiophene rings is 1. The van der Waals surface area contributed by atoms with Crippen molar-refractivity contribution in [3.05, 3.63) is 22.4 Å². The quantitative estimate of drug-likeness (QED) is 0.805. The molecule has 8 heteroatoms. The van der Waals surface area contributed by atoms with E-state index in [1.54, 1.807) is 23.1 Å². The van der Waals surface area contributed by atoms with Gasteiger partial charge in [0, 0.05) is 18.5 Å². The molecule has 0 spiro atoms. The molecular weight excluding hydrogens is 294 g/mol. The van der Waals surface area contributed by atoms with Gasteiger partial charge in [0.25, 0.3) is 0 Å². The summed E-state index contributed by atoms with van der Waals surface area (Å²) in [6, 6.07) is 4.41. The van der Waals surface area contributed by atoms with Crippen molar-refractivity contribution in [1.82, 2.24) is 25.1 Å². The number of nitrogens with zero attached hydrogens (tertiary/aromatic N) is 5. The number of carbonyl (C=O) groups excluding carboxylic acids is 1. The van der Waals surface area contributed by atoms with E-state index >= 15 is 0 Å². The second-order valence-electron chi connectivity index (χ2n) is 4.63. The van der Waals surface area contributed by atoms with E-state index in [1.807, 2.05) is 11.0 Å². The second-order valence-corrected chi connectivity index (χ2v) is 6.56. The summed E-state index contributed by atoms with van der Waals surface area (Å²) in [4.78, 5) is 15.7. The Morgan fingerprint density at radius 3 is 3.20 bits per heavy atom. The van der Waals surface area contributed by atoms with Crippen molar-refractivity contribution < 1.29 is 4.79 Å². The van der Waals surface area contributed by atoms with Crippen LogP contribution in [0, 0.1) is 0 Å². The van der Waals surface area contributed by atoms with Gasteiger partial charge in [0.2, 0.25) is 11.1 Å². The molecule has 0 aliphatic carbocycles. The van der Waals surface area contributed by atoms with Crippen molar-refractivity contribution in [2.45, 2.75) is 24.0 Å². The topological polar surface area (TPSA) is 63.9 Å². The van der Waals surface area contributed by atoms with Gasteiger partial charge in [-0.2, -0.15) is 0 Å². The van der Waals surface area contributed by atoms with E-state index in [-0.39, 0.29) is 11.9 Å². The van der Waals surface area contributed by atoms with Crippen LogP contribution in [-0.4, -0.2) is 43.3 Å². The number of thioether (sulfide) groups is 1. The van der Waals surface area contributed by atoms with Crippen molar-refractivity contribution in [1.29, 1.82) is 0 Å². The SMILES string of the molecule is Cn1nnnc1SCC(=O)N1CCCC1c1cccs1. The lowest BCUT2D eigenvalue weighted by Crippen LogP contribution is -2.31. The largest absolute Gasteiger partial charge is 0.334 e. The summed E-state index contributed by atoms with van der Waals surface area (Å²) in [6.45, 7) is 0.846. The highest BCUT2D eigenvalue weighted by molar-refractivity contribution is 7.99. The van der Waals surface area contributed by atoms with E-state index in [0.29, 0.717) is 10.9 Å². The van der Waals surface area contributed by atoms with Crippen LogP contribution in [-0.2, 0) is 11.8 Å². The Labute approximate surface area is 125 Å². The average Bonchev–Trinajstić information content (AvgIpc) is 3.17. The zero-order valence-electron chi connectivity index (χ0n) is 11.1. The number of rotatable bonds is 4. The number of hydrogen-bond acceptors (Lipinski definition) is 6. The molecule has 1 atom stereocenters. The van der Waals surface area contributed by atoms with Crippen LogP contribution in [0.5, 0.6) is 0 Å². The molecule has 1 aliphatic heterocycles. The van der Waals surface area contributed by atoms with Crippen LogP contribution >= 0.6 is 23.1 Å². The molecule has 1 amide bonds. The predicted octanol–water partition coefficient (Wildman–Crippen LogP) is 1.73. The number of hydrogen-bond donors (Lipinski definition) is 0. The number of likely N-dealkylation sites (tertiary alicyclic amines) is 1. The van der Waals surface area contributed by atoms with Crippen molar-refractivity contribution in [3.8, 4) is 0 Å². The van der Waals surface area contributed by atoms with E-state index in [1.165, 1.54) is 16.6 Å². The average molecular weight is 309 g/mol. The van der Waals surface area contributed by atoms with Gasteiger partial charge in [-0.15, -0.1) is 16.4 Å². The molecule has 2 aromatic rings. The number of carbonyl (C=O) groups is 1. The van der Waals surface area contributed by atoms with E-state index < -0.39 is 0 Å². The van der Waals surface area contributed by atoms with Crippen LogP contribution in [0.25, 0.3) is 0 Å². The van der Waals surface area contributed by atoms with Crippen molar-refractivity contribution >= 4 is 29.0 Å². The molecule has 20 heavy (non-hydrogen) atoms. The molecule has 6 nitrogen and oxygen atoms in total. The molecule has 0 bridgehead atoms. The molecule has 1 unspecified atom stereocenters. The molecule has 1 saturated heterocycles. The monoisotopic (exact) mass is 309 g/mol. The number of aromatic nitrogens is 4. The third-order valence-electron chi connectivity index (χ3n) is 3.35. The summed E-state index contributed by atoms with van der Waals surface area (Å²) in [5.74, 6) is 0.546. The first-order valence-corrected chi connectivity index (χ1v) is 8.30. The van der Waals surface area contributed by atoms with Gasteiger partial charge < -0.3 is 4.90 Å². The van der Waals surface area contributed by atoms with Gasteiger partial charge in [-0.25, -0.2) is 4.68 Å². The maximum atomic E-state index is 12.4. The molecule has 3 rings (SSSR count). The molecule has 0 radical (unpaired) electrons. The normalized spacial score (nSPS) is 18.6. The minimum absolute atomic E-state index is 0.161. The van der Waals surface area contributed by atoms with Crippen LogP contribution < -0.4 is 0 Å². The Morgan fingerprint density at radius 1 is 1.60 bits per heavy atom. The third-order valence-corrected chi connectivity index (χ3v) is 5.32. The van der Waals surface area contributed by atoms with E-state index in [2.05, 4.69) is 27.0 Å². The van der Waals surface area contributed by atoms with Gasteiger partial charge in [-0.1, -0.05) is 17.8 Å². The van der Waals surface area contributed by atoms with Crippen molar-refractivity contribution in [3.63, 3.8) is 0 Å². The van der Waals surface area contributed by atoms with Gasteiger partial charge in [0.05, 0.1) is 11.8 Å². The number of amides is 1. The summed E-state index contributed by atoms with van der Waals surface area (Å²) < 4.78 is 1.58. The van der Waals surface area contributed by atoms with Crippen LogP contribution in [0.15, 0.2) is 22.7 Å². The third kappa shape index (κ3) is 2.71. The Kier molecular flexibility index (Phi) is 4.02. The zero-order chi connectivity index (χ0) is 13.9. The van der Waals surface area contributed by atoms with Crippen LogP contribution in [0.1, 0.15) is 23.8 Å². The molecule has 0 saturated carbocycles. The molecule has 0 N–H and O–H groups in total. The highest BCUT2D eigenvalue weighted by Gasteiger charge is 2.30. The standard InChI is InChI=1S/C12H15N5OS2/c1-16-12(13-14-15-16)20-8-11(18)17-6-2-4-9(17)10-5-3-7-19-10/h3,5,7,9H,2,4,6,8H2,1H3. The highest BCUT2D eigenvalue weighted by atomic mass is 32.2. The number of aryl methyl sites for hydroxylation is 1. The summed E-state index contributed by atoms with van der Waals surface area (Å²) in [6.07, 6.45) is 2.13. The first kappa shape index (κ1) is 13.6. The van der Waals surface area contributed by atoms with Gasteiger partial charge in [-0.05, 0) is 34.7 Å². The van der Waals surface area contributed by atoms with Gasteiger partial charge in [-0.3, -0.25) is 4.79 Å². The molecular formula is C12H15N5OS2. The molecule has 3 heterocycles. The minimum Gasteiger partial charge on any atom is -0.334 e. The Hall–Kier alpha value is -1.41. The van der Waals surface area contributed by atoms with Crippen LogP contribution in [0.2, 0.25) is 0 Å². The smallest absolute Gasteiger partial charge is 0.233 e. The van der Waals surface area contributed by atoms with E-state index in [4.69, 9.17) is 0 Å². The summed E-state index contributed by atoms with van der Waals surface area (Å²) >= 11 is 3.11. The lowest BCUT2D eigenvalue weighted by atomic mass is 10.2. The van der Waals surface area contributed by atoms with Gasteiger partial charge in [0.15, 0.2) is 0 Å². The number of tetrazole rings is 1. The lowest BCUT2D eigenvalue weighted by Gasteiger charge is -2.23. The Morgan fingerprint density at radius 2 is 2.50 bits per heavy atom. The molecule has 1 aliphatic rings. The summed E-state index contributed by atoms with van der Waals surface area (Å²) in [5.41, 5.74) is 0. The summed E-state index contributed by atoms with van der Waals surface area (Å²) in [7, 11) is 1.77. The molecule has 2 aromatic heterocycles. The van der Waals surface area contributed by atoms with Gasteiger partial charge in [0.1, 0.15) is 0 Å². The molecule has 0 aromatic carbocycles. The van der Waals surface area contributed by atoms with Crippen LogP contribution in [0.4, 0.5) is 0 Å². The van der Waals surface area contributed by atoms with Crippen molar-refractivity contribution in [2.24, 2.45) is 7.05 Å². The van der Waals surface area contributed by atoms with E-state index in [9.17, 15) is 4.79 Å². The summed E-state index contributed by atoms with van der Waals surface area (Å²) in [5, 5.41) is 13.9. The van der Waals surface area contributed by atoms with Crippen molar-refractivity contribution in [2.75, 3.05) is 12.3 Å². The first-order valence-electron chi connectivity index (χ1n) is 6.44. The Bertz CT molecular complexity index is 582. The zero-order valence-corrected chi connectivity index (χ0v) is 12.7. The maximum absolute atomic E-state index is 12.4. The Balaban J connectivity index is 1.63.